The molecule has 0 unspecified atom stereocenters. The number of hydrogen-bond donors (Lipinski definition) is 1. The molecule has 180 valence electrons. The van der Waals surface area contributed by atoms with Gasteiger partial charge < -0.3 is 10.2 Å². The molecule has 1 N–H and O–H groups in total. The Labute approximate surface area is 209 Å². The summed E-state index contributed by atoms with van der Waals surface area (Å²) in [5.41, 5.74) is 2.14. The summed E-state index contributed by atoms with van der Waals surface area (Å²) in [6.45, 7) is 3.86. The first-order valence-electron chi connectivity index (χ1n) is 10.4. The van der Waals surface area contributed by atoms with Crippen LogP contribution in [0.1, 0.15) is 30.9 Å². The van der Waals surface area contributed by atoms with Gasteiger partial charge in [-0.1, -0.05) is 45.7 Å². The van der Waals surface area contributed by atoms with E-state index in [1.165, 1.54) is 16.3 Å². The number of carbonyl (C=O) groups is 2. The SMILES string of the molecule is CNC(=O)[C@@H](C)N(Cc1ccc(Br)cc1)C(=O)CCCN(c1cc(Cl)ccc1C)S(C)(=O)=O. The Morgan fingerprint density at radius 3 is 2.36 bits per heavy atom. The van der Waals surface area contributed by atoms with Crippen LogP contribution in [0.5, 0.6) is 0 Å². The number of aryl methyl sites for hydroxylation is 1. The third-order valence-corrected chi connectivity index (χ3v) is 7.22. The zero-order valence-corrected chi connectivity index (χ0v) is 22.3. The average Bonchev–Trinajstić information content (AvgIpc) is 2.76. The van der Waals surface area contributed by atoms with E-state index in [-0.39, 0.29) is 37.7 Å². The number of benzene rings is 2. The topological polar surface area (TPSA) is 86.8 Å². The molecule has 0 radical (unpaired) electrons. The van der Waals surface area contributed by atoms with Crippen LogP contribution in [0.3, 0.4) is 0 Å². The van der Waals surface area contributed by atoms with Crippen molar-refractivity contribution in [2.75, 3.05) is 24.2 Å². The van der Waals surface area contributed by atoms with Gasteiger partial charge in [0.15, 0.2) is 0 Å². The van der Waals surface area contributed by atoms with Crippen LogP contribution in [0, 0.1) is 6.92 Å². The van der Waals surface area contributed by atoms with Crippen molar-refractivity contribution in [1.29, 1.82) is 0 Å². The van der Waals surface area contributed by atoms with E-state index in [1.807, 2.05) is 24.3 Å². The van der Waals surface area contributed by atoms with Crippen LogP contribution in [0.25, 0.3) is 0 Å². The standard InChI is InChI=1S/C23H29BrClN3O4S/c1-16-7-12-20(25)14-21(16)28(33(4,31)32)13-5-6-22(29)27(17(2)23(30)26-3)15-18-8-10-19(24)11-9-18/h7-12,14,17H,5-6,13,15H2,1-4H3,(H,26,30)/t17-/m1/s1. The third-order valence-electron chi connectivity index (χ3n) is 5.27. The summed E-state index contributed by atoms with van der Waals surface area (Å²) in [7, 11) is -2.05. The van der Waals surface area contributed by atoms with Gasteiger partial charge in [-0.05, 0) is 55.7 Å². The molecule has 0 aliphatic heterocycles. The predicted octanol–water partition coefficient (Wildman–Crippen LogP) is 4.12. The lowest BCUT2D eigenvalue weighted by molar-refractivity contribution is -0.140. The van der Waals surface area contributed by atoms with Crippen molar-refractivity contribution >= 4 is 55.1 Å². The van der Waals surface area contributed by atoms with Crippen LogP contribution < -0.4 is 9.62 Å². The Kier molecular flexibility index (Phi) is 9.75. The molecule has 0 bridgehead atoms. The summed E-state index contributed by atoms with van der Waals surface area (Å²) < 4.78 is 27.1. The van der Waals surface area contributed by atoms with E-state index in [9.17, 15) is 18.0 Å². The first kappa shape index (κ1) is 27.1. The van der Waals surface area contributed by atoms with E-state index in [0.717, 1.165) is 21.9 Å². The average molecular weight is 559 g/mol. The van der Waals surface area contributed by atoms with Crippen LogP contribution in [-0.2, 0) is 26.2 Å². The smallest absolute Gasteiger partial charge is 0.242 e. The van der Waals surface area contributed by atoms with E-state index < -0.39 is 16.1 Å². The molecule has 33 heavy (non-hydrogen) atoms. The first-order chi connectivity index (χ1) is 15.4. The van der Waals surface area contributed by atoms with Gasteiger partial charge in [-0.15, -0.1) is 0 Å². The van der Waals surface area contributed by atoms with Gasteiger partial charge in [-0.3, -0.25) is 13.9 Å². The van der Waals surface area contributed by atoms with Crippen LogP contribution in [0.15, 0.2) is 46.9 Å². The fourth-order valence-electron chi connectivity index (χ4n) is 3.41. The highest BCUT2D eigenvalue weighted by Crippen LogP contribution is 2.27. The highest BCUT2D eigenvalue weighted by Gasteiger charge is 2.26. The van der Waals surface area contributed by atoms with Crippen molar-refractivity contribution in [3.05, 3.63) is 63.1 Å². The maximum atomic E-state index is 13.1. The summed E-state index contributed by atoms with van der Waals surface area (Å²) in [5, 5.41) is 3.01. The van der Waals surface area contributed by atoms with Gasteiger partial charge >= 0.3 is 0 Å². The van der Waals surface area contributed by atoms with Gasteiger partial charge in [0.05, 0.1) is 11.9 Å². The van der Waals surface area contributed by atoms with Crippen molar-refractivity contribution in [2.24, 2.45) is 0 Å². The number of likely N-dealkylation sites (N-methyl/N-ethyl adjacent to an activating group) is 1. The van der Waals surface area contributed by atoms with Crippen LogP contribution in [-0.4, -0.2) is 51.0 Å². The Balaban J connectivity index is 2.17. The number of amides is 2. The lowest BCUT2D eigenvalue weighted by Crippen LogP contribution is -2.46. The van der Waals surface area contributed by atoms with Gasteiger partial charge in [0, 0.05) is 36.1 Å². The van der Waals surface area contributed by atoms with Crippen LogP contribution in [0.2, 0.25) is 5.02 Å². The highest BCUT2D eigenvalue weighted by atomic mass is 79.9. The number of nitrogens with one attached hydrogen (secondary N) is 1. The molecule has 2 rings (SSSR count). The monoisotopic (exact) mass is 557 g/mol. The highest BCUT2D eigenvalue weighted by molar-refractivity contribution is 9.10. The first-order valence-corrected chi connectivity index (χ1v) is 13.5. The summed E-state index contributed by atoms with van der Waals surface area (Å²) in [4.78, 5) is 26.9. The van der Waals surface area contributed by atoms with E-state index in [1.54, 1.807) is 32.0 Å². The zero-order chi connectivity index (χ0) is 24.8. The largest absolute Gasteiger partial charge is 0.357 e. The molecule has 0 aliphatic rings. The van der Waals surface area contributed by atoms with Gasteiger partial charge in [0.2, 0.25) is 21.8 Å². The van der Waals surface area contributed by atoms with E-state index >= 15 is 0 Å². The Morgan fingerprint density at radius 1 is 1.15 bits per heavy atom. The Bertz CT molecular complexity index is 1090. The van der Waals surface area contributed by atoms with E-state index in [4.69, 9.17) is 11.6 Å². The lowest BCUT2D eigenvalue weighted by atomic mass is 10.1. The number of carbonyl (C=O) groups excluding carboxylic acids is 2. The summed E-state index contributed by atoms with van der Waals surface area (Å²) in [6.07, 6.45) is 1.50. The molecule has 2 aromatic carbocycles. The molecule has 0 heterocycles. The molecule has 2 aromatic rings. The quantitative estimate of drug-likeness (QED) is 0.475. The van der Waals surface area contributed by atoms with Gasteiger partial charge in [0.25, 0.3) is 0 Å². The lowest BCUT2D eigenvalue weighted by Gasteiger charge is -2.29. The number of hydrogen-bond acceptors (Lipinski definition) is 4. The molecular weight excluding hydrogens is 530 g/mol. The fraction of sp³-hybridized carbons (Fsp3) is 0.391. The summed E-state index contributed by atoms with van der Waals surface area (Å²) in [6, 6.07) is 11.9. The minimum Gasteiger partial charge on any atom is -0.357 e. The molecule has 1 atom stereocenters. The number of anilines is 1. The number of nitrogens with zero attached hydrogens (tertiary/aromatic N) is 2. The van der Waals surface area contributed by atoms with Crippen molar-refractivity contribution < 1.29 is 18.0 Å². The van der Waals surface area contributed by atoms with E-state index in [0.29, 0.717) is 10.7 Å². The number of halogens is 2. The van der Waals surface area contributed by atoms with Gasteiger partial charge in [-0.25, -0.2) is 8.42 Å². The summed E-state index contributed by atoms with van der Waals surface area (Å²) >= 11 is 9.47. The second-order valence-electron chi connectivity index (χ2n) is 7.81. The minimum atomic E-state index is -3.58. The molecule has 10 heteroatoms. The third kappa shape index (κ3) is 7.72. The van der Waals surface area contributed by atoms with Gasteiger partial charge in [-0.2, -0.15) is 0 Å². The molecule has 0 saturated carbocycles. The van der Waals surface area contributed by atoms with Crippen molar-refractivity contribution in [3.8, 4) is 0 Å². The molecule has 7 nitrogen and oxygen atoms in total. The predicted molar refractivity (Wildman–Crippen MR) is 136 cm³/mol. The number of sulfonamides is 1. The fourth-order valence-corrected chi connectivity index (χ4v) is 4.86. The summed E-state index contributed by atoms with van der Waals surface area (Å²) in [5.74, 6) is -0.502. The van der Waals surface area contributed by atoms with Crippen molar-refractivity contribution in [1.82, 2.24) is 10.2 Å². The minimum absolute atomic E-state index is 0.0868. The van der Waals surface area contributed by atoms with Crippen molar-refractivity contribution in [2.45, 2.75) is 39.3 Å². The molecule has 0 aliphatic carbocycles. The molecule has 2 amide bonds. The normalized spacial score (nSPS) is 12.2. The van der Waals surface area contributed by atoms with Crippen LogP contribution >= 0.6 is 27.5 Å². The molecule has 0 fully saturated rings. The molecular formula is C23H29BrClN3O4S. The maximum Gasteiger partial charge on any atom is 0.242 e. The molecule has 0 aromatic heterocycles. The van der Waals surface area contributed by atoms with Crippen molar-refractivity contribution in [3.63, 3.8) is 0 Å². The second kappa shape index (κ2) is 11.9. The zero-order valence-electron chi connectivity index (χ0n) is 19.1. The van der Waals surface area contributed by atoms with E-state index in [2.05, 4.69) is 21.2 Å². The number of rotatable bonds is 10. The Hall–Kier alpha value is -2.10. The molecule has 0 saturated heterocycles. The van der Waals surface area contributed by atoms with Gasteiger partial charge in [0.1, 0.15) is 6.04 Å². The Morgan fingerprint density at radius 2 is 1.79 bits per heavy atom. The molecule has 0 spiro atoms. The van der Waals surface area contributed by atoms with Crippen LogP contribution in [0.4, 0.5) is 5.69 Å². The second-order valence-corrected chi connectivity index (χ2v) is 11.1. The maximum absolute atomic E-state index is 13.1.